The van der Waals surface area contributed by atoms with Crippen LogP contribution in [0.15, 0.2) is 47.4 Å². The number of amides is 1. The van der Waals surface area contributed by atoms with Crippen LogP contribution >= 0.6 is 11.8 Å². The SMILES string of the molecule is COCCCn1c(-c2ccc(SC(C)(C)C(=O)O)cc2)nc(C(=O)Nc2cc(OC)ccc2C)c1C. The summed E-state index contributed by atoms with van der Waals surface area (Å²) in [4.78, 5) is 30.3. The summed E-state index contributed by atoms with van der Waals surface area (Å²) in [7, 11) is 3.24. The Bertz CT molecular complexity index is 1230. The normalized spacial score (nSPS) is 11.4. The molecular weight excluding hydrogens is 478 g/mol. The highest BCUT2D eigenvalue weighted by Crippen LogP contribution is 2.34. The summed E-state index contributed by atoms with van der Waals surface area (Å²) in [6, 6.07) is 13.1. The fourth-order valence-corrected chi connectivity index (χ4v) is 4.61. The Kier molecular flexibility index (Phi) is 8.81. The van der Waals surface area contributed by atoms with Gasteiger partial charge in [0, 0.05) is 48.2 Å². The van der Waals surface area contributed by atoms with Gasteiger partial charge in [0.1, 0.15) is 22.0 Å². The maximum absolute atomic E-state index is 13.3. The number of aliphatic carboxylic acids is 1. The van der Waals surface area contributed by atoms with Crippen LogP contribution in [-0.2, 0) is 16.1 Å². The van der Waals surface area contributed by atoms with Gasteiger partial charge in [0.05, 0.1) is 7.11 Å². The number of aryl methyl sites for hydroxylation is 1. The third-order valence-corrected chi connectivity index (χ3v) is 7.05. The number of carboxylic acids is 1. The molecule has 9 heteroatoms. The summed E-state index contributed by atoms with van der Waals surface area (Å²) >= 11 is 1.28. The number of anilines is 1. The Morgan fingerprint density at radius 2 is 1.81 bits per heavy atom. The lowest BCUT2D eigenvalue weighted by Crippen LogP contribution is -2.26. The van der Waals surface area contributed by atoms with Crippen molar-refractivity contribution < 1.29 is 24.2 Å². The van der Waals surface area contributed by atoms with Crippen molar-refractivity contribution in [2.75, 3.05) is 26.1 Å². The van der Waals surface area contributed by atoms with E-state index >= 15 is 0 Å². The highest BCUT2D eigenvalue weighted by Gasteiger charge is 2.28. The minimum absolute atomic E-state index is 0.300. The molecule has 0 spiro atoms. The van der Waals surface area contributed by atoms with Crippen molar-refractivity contribution in [3.63, 3.8) is 0 Å². The number of imidazole rings is 1. The van der Waals surface area contributed by atoms with Crippen LogP contribution in [0.3, 0.4) is 0 Å². The molecule has 0 aliphatic carbocycles. The van der Waals surface area contributed by atoms with E-state index in [1.807, 2.05) is 54.8 Å². The molecule has 0 unspecified atom stereocenters. The van der Waals surface area contributed by atoms with Crippen LogP contribution in [0.4, 0.5) is 5.69 Å². The Hall–Kier alpha value is -3.30. The third kappa shape index (κ3) is 6.27. The van der Waals surface area contributed by atoms with E-state index < -0.39 is 10.7 Å². The first-order valence-corrected chi connectivity index (χ1v) is 12.4. The third-order valence-electron chi connectivity index (χ3n) is 5.86. The Balaban J connectivity index is 1.94. The number of rotatable bonds is 11. The fraction of sp³-hybridized carbons (Fsp3) is 0.370. The van der Waals surface area contributed by atoms with Gasteiger partial charge in [-0.15, -0.1) is 11.8 Å². The molecule has 1 aromatic heterocycles. The maximum atomic E-state index is 13.3. The van der Waals surface area contributed by atoms with Crippen LogP contribution in [-0.4, -0.2) is 52.1 Å². The molecule has 8 nitrogen and oxygen atoms in total. The predicted molar refractivity (Wildman–Crippen MR) is 142 cm³/mol. The summed E-state index contributed by atoms with van der Waals surface area (Å²) in [5.41, 5.74) is 3.51. The van der Waals surface area contributed by atoms with Crippen molar-refractivity contribution in [3.05, 3.63) is 59.4 Å². The molecule has 3 rings (SSSR count). The highest BCUT2D eigenvalue weighted by molar-refractivity contribution is 8.01. The lowest BCUT2D eigenvalue weighted by Gasteiger charge is -2.18. The summed E-state index contributed by atoms with van der Waals surface area (Å²) in [5, 5.41) is 12.4. The number of thioether (sulfide) groups is 1. The van der Waals surface area contributed by atoms with Crippen molar-refractivity contribution in [3.8, 4) is 17.1 Å². The highest BCUT2D eigenvalue weighted by atomic mass is 32.2. The second-order valence-corrected chi connectivity index (χ2v) is 10.6. The van der Waals surface area contributed by atoms with Gasteiger partial charge in [0.2, 0.25) is 0 Å². The van der Waals surface area contributed by atoms with Gasteiger partial charge in [-0.25, -0.2) is 4.98 Å². The average Bonchev–Trinajstić information content (AvgIpc) is 3.17. The first kappa shape index (κ1) is 27.3. The van der Waals surface area contributed by atoms with E-state index in [1.165, 1.54) is 11.8 Å². The summed E-state index contributed by atoms with van der Waals surface area (Å²) in [6.07, 6.45) is 0.761. The van der Waals surface area contributed by atoms with E-state index in [1.54, 1.807) is 34.1 Å². The number of aromatic nitrogens is 2. The molecule has 2 N–H and O–H groups in total. The van der Waals surface area contributed by atoms with E-state index in [9.17, 15) is 14.7 Å². The minimum Gasteiger partial charge on any atom is -0.497 e. The largest absolute Gasteiger partial charge is 0.497 e. The minimum atomic E-state index is -0.944. The van der Waals surface area contributed by atoms with Gasteiger partial charge in [0.15, 0.2) is 0 Å². The van der Waals surface area contributed by atoms with Crippen LogP contribution in [0.2, 0.25) is 0 Å². The van der Waals surface area contributed by atoms with E-state index in [0.29, 0.717) is 36.1 Å². The van der Waals surface area contributed by atoms with Crippen LogP contribution in [0, 0.1) is 13.8 Å². The van der Waals surface area contributed by atoms with Crippen molar-refractivity contribution >= 4 is 29.3 Å². The molecule has 3 aromatic rings. The number of hydrogen-bond acceptors (Lipinski definition) is 6. The van der Waals surface area contributed by atoms with Crippen molar-refractivity contribution in [1.82, 2.24) is 9.55 Å². The quantitative estimate of drug-likeness (QED) is 0.262. The van der Waals surface area contributed by atoms with E-state index in [0.717, 1.165) is 28.1 Å². The molecule has 0 fully saturated rings. The predicted octanol–water partition coefficient (Wildman–Crippen LogP) is 5.42. The van der Waals surface area contributed by atoms with Gasteiger partial charge in [-0.1, -0.05) is 18.2 Å². The number of nitrogens with zero attached hydrogens (tertiary/aromatic N) is 2. The number of benzene rings is 2. The van der Waals surface area contributed by atoms with Gasteiger partial charge in [-0.05, 0) is 57.9 Å². The lowest BCUT2D eigenvalue weighted by molar-refractivity contribution is -0.138. The van der Waals surface area contributed by atoms with E-state index in [2.05, 4.69) is 5.32 Å². The van der Waals surface area contributed by atoms with Gasteiger partial charge in [0.25, 0.3) is 5.91 Å². The standard InChI is InChI=1S/C27H33N3O5S/c1-17-8-11-20(35-6)16-22(17)28-25(31)23-18(2)30(14-7-15-34-5)24(29-23)19-9-12-21(13-10-19)36-27(3,4)26(32)33/h8-13,16H,7,14-15H2,1-6H3,(H,28,31)(H,32,33). The molecule has 0 aliphatic rings. The molecule has 1 amide bonds. The van der Waals surface area contributed by atoms with Crippen molar-refractivity contribution in [2.24, 2.45) is 0 Å². The number of carbonyl (C=O) groups is 2. The summed E-state index contributed by atoms with van der Waals surface area (Å²) in [6.45, 7) is 8.37. The molecule has 2 aromatic carbocycles. The van der Waals surface area contributed by atoms with Crippen LogP contribution in [0.1, 0.15) is 42.0 Å². The lowest BCUT2D eigenvalue weighted by atomic mass is 10.2. The average molecular weight is 512 g/mol. The second-order valence-electron chi connectivity index (χ2n) is 8.94. The van der Waals surface area contributed by atoms with Crippen molar-refractivity contribution in [1.29, 1.82) is 0 Å². The first-order chi connectivity index (χ1) is 17.1. The number of ether oxygens (including phenoxy) is 2. The van der Waals surface area contributed by atoms with Gasteiger partial charge in [-0.3, -0.25) is 9.59 Å². The maximum Gasteiger partial charge on any atom is 0.319 e. The zero-order valence-corrected chi connectivity index (χ0v) is 22.4. The van der Waals surface area contributed by atoms with Crippen LogP contribution in [0.25, 0.3) is 11.4 Å². The Labute approximate surface area is 216 Å². The Morgan fingerprint density at radius 3 is 2.42 bits per heavy atom. The first-order valence-electron chi connectivity index (χ1n) is 11.6. The zero-order chi connectivity index (χ0) is 26.5. The molecule has 1 heterocycles. The number of carbonyl (C=O) groups excluding carboxylic acids is 1. The smallest absolute Gasteiger partial charge is 0.319 e. The van der Waals surface area contributed by atoms with Crippen LogP contribution in [0.5, 0.6) is 5.75 Å². The van der Waals surface area contributed by atoms with Crippen LogP contribution < -0.4 is 10.1 Å². The molecule has 192 valence electrons. The molecule has 0 bridgehead atoms. The van der Waals surface area contributed by atoms with Gasteiger partial charge in [-0.2, -0.15) is 0 Å². The molecule has 0 saturated carbocycles. The number of methoxy groups -OCH3 is 2. The molecule has 0 saturated heterocycles. The van der Waals surface area contributed by atoms with Gasteiger partial charge >= 0.3 is 5.97 Å². The molecular formula is C27H33N3O5S. The fourth-order valence-electron chi connectivity index (χ4n) is 3.66. The number of carboxylic acid groups (broad SMARTS) is 1. The Morgan fingerprint density at radius 1 is 1.11 bits per heavy atom. The number of hydrogen-bond donors (Lipinski definition) is 2. The topological polar surface area (TPSA) is 103 Å². The van der Waals surface area contributed by atoms with E-state index in [-0.39, 0.29) is 5.91 Å². The molecule has 0 radical (unpaired) electrons. The van der Waals surface area contributed by atoms with E-state index in [4.69, 9.17) is 14.5 Å². The summed E-state index contributed by atoms with van der Waals surface area (Å²) < 4.78 is 11.6. The summed E-state index contributed by atoms with van der Waals surface area (Å²) in [5.74, 6) is 0.154. The molecule has 0 atom stereocenters. The number of nitrogens with one attached hydrogen (secondary N) is 1. The zero-order valence-electron chi connectivity index (χ0n) is 21.5. The monoisotopic (exact) mass is 511 g/mol. The molecule has 0 aliphatic heterocycles. The van der Waals surface area contributed by atoms with Gasteiger partial charge < -0.3 is 24.5 Å². The molecule has 36 heavy (non-hydrogen) atoms. The van der Waals surface area contributed by atoms with Crippen molar-refractivity contribution in [2.45, 2.75) is 50.3 Å². The second kappa shape index (κ2) is 11.6.